The Morgan fingerprint density at radius 1 is 1.03 bits per heavy atom. The number of likely N-dealkylation sites (tertiary alicyclic amines) is 1. The van der Waals surface area contributed by atoms with Crippen molar-refractivity contribution in [1.82, 2.24) is 14.9 Å². The van der Waals surface area contributed by atoms with Crippen LogP contribution in [0.5, 0.6) is 0 Å². The summed E-state index contributed by atoms with van der Waals surface area (Å²) in [5.74, 6) is 0.359. The SMILES string of the molecule is O=C(c1cnc2c(c1)N([S+](=O)([O-])c1cccnc1)CCC2)N1CCC(c2ccccc2)CC1. The Labute approximate surface area is 194 Å². The molecule has 1 fully saturated rings. The number of fused-ring (bicyclic) bond motifs is 1. The molecule has 3 aromatic rings. The number of carbonyl (C=O) groups excluding carboxylic acids is 1. The van der Waals surface area contributed by atoms with E-state index in [2.05, 4.69) is 34.2 Å². The Kier molecular flexibility index (Phi) is 5.95. The third kappa shape index (κ3) is 4.28. The van der Waals surface area contributed by atoms with Crippen molar-refractivity contribution in [2.45, 2.75) is 36.5 Å². The third-order valence-corrected chi connectivity index (χ3v) is 8.31. The smallest absolute Gasteiger partial charge is 0.255 e. The lowest BCUT2D eigenvalue weighted by atomic mass is 9.89. The number of aromatic nitrogens is 2. The average molecular weight is 463 g/mol. The number of nitrogens with zero attached hydrogens (tertiary/aromatic N) is 4. The first-order valence-corrected chi connectivity index (χ1v) is 12.7. The zero-order valence-electron chi connectivity index (χ0n) is 18.3. The van der Waals surface area contributed by atoms with Crippen molar-refractivity contribution in [3.05, 3.63) is 83.9 Å². The summed E-state index contributed by atoms with van der Waals surface area (Å²) in [7, 11) is -3.77. The van der Waals surface area contributed by atoms with Gasteiger partial charge in [0, 0.05) is 25.5 Å². The molecule has 0 saturated carbocycles. The molecule has 0 N–H and O–H groups in total. The van der Waals surface area contributed by atoms with E-state index in [1.54, 1.807) is 24.5 Å². The van der Waals surface area contributed by atoms with E-state index in [1.165, 1.54) is 22.1 Å². The van der Waals surface area contributed by atoms with Gasteiger partial charge in [-0.15, -0.1) is 0 Å². The van der Waals surface area contributed by atoms with Crippen LogP contribution in [0.25, 0.3) is 0 Å². The Bertz CT molecular complexity index is 1180. The van der Waals surface area contributed by atoms with Gasteiger partial charge in [-0.25, -0.2) is 0 Å². The minimum atomic E-state index is -3.77. The quantitative estimate of drug-likeness (QED) is 0.550. The number of amides is 1. The molecular formula is C25H26N4O3S. The molecule has 8 heteroatoms. The molecule has 7 nitrogen and oxygen atoms in total. The van der Waals surface area contributed by atoms with Crippen molar-refractivity contribution in [2.24, 2.45) is 0 Å². The number of hydrogen-bond donors (Lipinski definition) is 0. The van der Waals surface area contributed by atoms with E-state index < -0.39 is 10.4 Å². The zero-order valence-corrected chi connectivity index (χ0v) is 19.1. The molecule has 0 spiro atoms. The van der Waals surface area contributed by atoms with Crippen LogP contribution in [0.1, 0.15) is 46.8 Å². The van der Waals surface area contributed by atoms with Crippen LogP contribution >= 0.6 is 0 Å². The number of carbonyl (C=O) groups is 1. The average Bonchev–Trinajstić information content (AvgIpc) is 2.88. The summed E-state index contributed by atoms with van der Waals surface area (Å²) in [6.45, 7) is 1.70. The van der Waals surface area contributed by atoms with Gasteiger partial charge >= 0.3 is 0 Å². The molecule has 2 aliphatic heterocycles. The maximum Gasteiger partial charge on any atom is 0.255 e. The third-order valence-electron chi connectivity index (χ3n) is 6.51. The maximum atomic E-state index is 13.3. The lowest BCUT2D eigenvalue weighted by Gasteiger charge is -2.34. The summed E-state index contributed by atoms with van der Waals surface area (Å²) in [6, 6.07) is 15.3. The van der Waals surface area contributed by atoms with E-state index in [0.717, 1.165) is 12.8 Å². The molecule has 1 aromatic carbocycles. The second kappa shape index (κ2) is 9.03. The topological polar surface area (TPSA) is 89.5 Å². The van der Waals surface area contributed by atoms with E-state index in [4.69, 9.17) is 0 Å². The highest BCUT2D eigenvalue weighted by Crippen LogP contribution is 2.35. The van der Waals surface area contributed by atoms with E-state index in [-0.39, 0.29) is 10.8 Å². The largest absolute Gasteiger partial charge is 0.588 e. The van der Waals surface area contributed by atoms with Crippen LogP contribution in [-0.2, 0) is 21.0 Å². The van der Waals surface area contributed by atoms with Gasteiger partial charge in [-0.2, -0.15) is 4.31 Å². The van der Waals surface area contributed by atoms with Crippen LogP contribution in [-0.4, -0.2) is 45.0 Å². The standard InChI is InChI=1S/C25H26N4O3S/c30-25(28-14-10-20(11-15-28)19-6-2-1-3-7-19)21-16-24-23(27-17-21)9-5-13-29(24)33(31,32)22-8-4-12-26-18-22/h1-4,6-8,12,16-18,20H,5,9-11,13-15H2. The van der Waals surface area contributed by atoms with Gasteiger partial charge in [0.2, 0.25) is 0 Å². The minimum Gasteiger partial charge on any atom is -0.588 e. The van der Waals surface area contributed by atoms with Gasteiger partial charge in [-0.1, -0.05) is 34.5 Å². The van der Waals surface area contributed by atoms with Gasteiger partial charge in [-0.3, -0.25) is 14.8 Å². The lowest BCUT2D eigenvalue weighted by Crippen LogP contribution is -2.41. The first-order valence-electron chi connectivity index (χ1n) is 11.3. The number of rotatable bonds is 4. The summed E-state index contributed by atoms with van der Waals surface area (Å²) in [5, 5.41) is 0. The number of anilines is 1. The monoisotopic (exact) mass is 462 g/mol. The summed E-state index contributed by atoms with van der Waals surface area (Å²) in [6.07, 6.45) is 7.67. The van der Waals surface area contributed by atoms with Gasteiger partial charge in [0.15, 0.2) is 15.3 Å². The van der Waals surface area contributed by atoms with Crippen molar-refractivity contribution >= 4 is 22.0 Å². The van der Waals surface area contributed by atoms with E-state index in [0.29, 0.717) is 55.3 Å². The summed E-state index contributed by atoms with van der Waals surface area (Å²) < 4.78 is 27.9. The Hall–Kier alpha value is -3.10. The molecule has 1 unspecified atom stereocenters. The lowest BCUT2D eigenvalue weighted by molar-refractivity contribution is 0.0712. The van der Waals surface area contributed by atoms with Gasteiger partial charge in [0.25, 0.3) is 5.91 Å². The van der Waals surface area contributed by atoms with Gasteiger partial charge in [0.1, 0.15) is 5.69 Å². The molecule has 33 heavy (non-hydrogen) atoms. The van der Waals surface area contributed by atoms with Crippen molar-refractivity contribution in [1.29, 1.82) is 0 Å². The van der Waals surface area contributed by atoms with Crippen molar-refractivity contribution in [3.8, 4) is 0 Å². The molecule has 2 aliphatic rings. The predicted molar refractivity (Wildman–Crippen MR) is 126 cm³/mol. The minimum absolute atomic E-state index is 0.0962. The summed E-state index contributed by atoms with van der Waals surface area (Å²) in [5.41, 5.74) is 2.94. The fourth-order valence-electron chi connectivity index (χ4n) is 4.72. The highest BCUT2D eigenvalue weighted by Gasteiger charge is 2.36. The van der Waals surface area contributed by atoms with Crippen LogP contribution in [0.2, 0.25) is 0 Å². The fraction of sp³-hybridized carbons (Fsp3) is 0.320. The molecule has 1 saturated heterocycles. The zero-order chi connectivity index (χ0) is 22.8. The van der Waals surface area contributed by atoms with Crippen LogP contribution in [0, 0.1) is 0 Å². The van der Waals surface area contributed by atoms with Crippen molar-refractivity contribution in [3.63, 3.8) is 0 Å². The fourth-order valence-corrected chi connectivity index (χ4v) is 6.20. The number of pyridine rings is 2. The summed E-state index contributed by atoms with van der Waals surface area (Å²) in [4.78, 5) is 23.7. The molecule has 170 valence electrons. The van der Waals surface area contributed by atoms with Crippen LogP contribution in [0.4, 0.5) is 5.69 Å². The first kappa shape index (κ1) is 21.7. The van der Waals surface area contributed by atoms with Crippen LogP contribution < -0.4 is 4.31 Å². The molecule has 1 amide bonds. The molecular weight excluding hydrogens is 436 g/mol. The van der Waals surface area contributed by atoms with Gasteiger partial charge in [-0.05, 0) is 55.4 Å². The van der Waals surface area contributed by atoms with E-state index >= 15 is 0 Å². The second-order valence-electron chi connectivity index (χ2n) is 8.54. The van der Waals surface area contributed by atoms with Crippen molar-refractivity contribution < 1.29 is 13.6 Å². The highest BCUT2D eigenvalue weighted by atomic mass is 32.3. The Morgan fingerprint density at radius 3 is 2.55 bits per heavy atom. The van der Waals surface area contributed by atoms with Crippen LogP contribution in [0.3, 0.4) is 0 Å². The number of hydrogen-bond acceptors (Lipinski definition) is 5. The molecule has 1 atom stereocenters. The predicted octanol–water partition coefficient (Wildman–Crippen LogP) is 3.85. The van der Waals surface area contributed by atoms with Crippen LogP contribution in [0.15, 0.2) is 72.0 Å². The molecule has 0 radical (unpaired) electrons. The summed E-state index contributed by atoms with van der Waals surface area (Å²) >= 11 is 0. The number of piperidine rings is 1. The molecule has 0 aliphatic carbocycles. The first-order chi connectivity index (χ1) is 16.0. The van der Waals surface area contributed by atoms with E-state index in [9.17, 15) is 13.6 Å². The molecule has 2 aromatic heterocycles. The molecule has 5 rings (SSSR count). The maximum absolute atomic E-state index is 13.3. The number of aryl methyl sites for hydroxylation is 1. The number of sulfonamides is 1. The Morgan fingerprint density at radius 2 is 1.82 bits per heavy atom. The van der Waals surface area contributed by atoms with Gasteiger partial charge < -0.3 is 9.45 Å². The highest BCUT2D eigenvalue weighted by molar-refractivity contribution is 7.99. The second-order valence-corrected chi connectivity index (χ2v) is 10.4. The molecule has 0 bridgehead atoms. The van der Waals surface area contributed by atoms with Crippen molar-refractivity contribution in [2.75, 3.05) is 23.9 Å². The molecule has 4 heterocycles. The van der Waals surface area contributed by atoms with E-state index in [1.807, 2.05) is 11.0 Å². The normalized spacial score (nSPS) is 18.5. The van der Waals surface area contributed by atoms with Gasteiger partial charge in [0.05, 0.1) is 24.0 Å². The Balaban J connectivity index is 1.36. The number of benzene rings is 1.